The molecular formula is C18H16O5. The van der Waals surface area contributed by atoms with Crippen LogP contribution < -0.4 is 9.47 Å². The zero-order valence-electron chi connectivity index (χ0n) is 12.8. The fraction of sp³-hybridized carbons (Fsp3) is 0.222. The van der Waals surface area contributed by atoms with Crippen molar-refractivity contribution >= 4 is 11.9 Å². The summed E-state index contributed by atoms with van der Waals surface area (Å²) in [5, 5.41) is 0. The van der Waals surface area contributed by atoms with Crippen molar-refractivity contribution in [2.45, 2.75) is 26.1 Å². The van der Waals surface area contributed by atoms with Crippen molar-refractivity contribution in [2.75, 3.05) is 0 Å². The average Bonchev–Trinajstić information content (AvgIpc) is 2.78. The molecule has 5 heteroatoms. The van der Waals surface area contributed by atoms with Crippen LogP contribution in [0.25, 0.3) is 0 Å². The highest BCUT2D eigenvalue weighted by Gasteiger charge is 2.48. The number of ether oxygens (including phenoxy) is 3. The quantitative estimate of drug-likeness (QED) is 0.641. The molecule has 1 aliphatic heterocycles. The van der Waals surface area contributed by atoms with Crippen LogP contribution in [0.4, 0.5) is 0 Å². The zero-order chi connectivity index (χ0) is 16.4. The summed E-state index contributed by atoms with van der Waals surface area (Å²) in [5.74, 6) is -0.533. The molecule has 1 aliphatic rings. The molecule has 0 N–H and O–H groups in total. The van der Waals surface area contributed by atoms with Crippen LogP contribution >= 0.6 is 0 Å². The molecular weight excluding hydrogens is 296 g/mol. The summed E-state index contributed by atoms with van der Waals surface area (Å²) in [6, 6.07) is 14.3. The van der Waals surface area contributed by atoms with Crippen molar-refractivity contribution in [3.8, 4) is 11.5 Å². The third-order valence-electron chi connectivity index (χ3n) is 3.51. The van der Waals surface area contributed by atoms with Gasteiger partial charge in [0.15, 0.2) is 0 Å². The first-order chi connectivity index (χ1) is 11.0. The summed E-state index contributed by atoms with van der Waals surface area (Å²) >= 11 is 0. The van der Waals surface area contributed by atoms with Gasteiger partial charge in [-0.2, -0.15) is 0 Å². The number of carbonyl (C=O) groups is 2. The highest BCUT2D eigenvalue weighted by atomic mass is 16.7. The van der Waals surface area contributed by atoms with E-state index in [4.69, 9.17) is 9.47 Å². The molecule has 118 valence electrons. The number of cyclic esters (lactones) is 2. The second kappa shape index (κ2) is 6.12. The molecule has 0 saturated carbocycles. The standard InChI is InChI=1S/C18H16O5/c1-11-3-7-13(8-4-11)21-15-16(18(20)23-17(15)19)22-14-9-5-12(2)6-10-14/h3-10,15-16H,1-2H3/t15-,16+. The lowest BCUT2D eigenvalue weighted by Crippen LogP contribution is -2.39. The van der Waals surface area contributed by atoms with Crippen molar-refractivity contribution in [1.82, 2.24) is 0 Å². The summed E-state index contributed by atoms with van der Waals surface area (Å²) in [6.45, 7) is 3.89. The van der Waals surface area contributed by atoms with Gasteiger partial charge in [-0.15, -0.1) is 0 Å². The Hall–Kier alpha value is -2.82. The SMILES string of the molecule is Cc1ccc(O[C@@H]2C(=O)OC(=O)[C@@H]2Oc2ccc(C)cc2)cc1. The molecule has 0 unspecified atom stereocenters. The van der Waals surface area contributed by atoms with E-state index in [1.165, 1.54) is 0 Å². The van der Waals surface area contributed by atoms with Gasteiger partial charge >= 0.3 is 11.9 Å². The second-order valence-electron chi connectivity index (χ2n) is 5.44. The lowest BCUT2D eigenvalue weighted by Gasteiger charge is -2.17. The van der Waals surface area contributed by atoms with Crippen LogP contribution in [0.3, 0.4) is 0 Å². The highest BCUT2D eigenvalue weighted by molar-refractivity contribution is 6.00. The molecule has 0 bridgehead atoms. The minimum absolute atomic E-state index is 0.477. The van der Waals surface area contributed by atoms with Crippen LogP contribution in [0.1, 0.15) is 11.1 Å². The van der Waals surface area contributed by atoms with Crippen LogP contribution in [0.5, 0.6) is 11.5 Å². The second-order valence-corrected chi connectivity index (χ2v) is 5.44. The van der Waals surface area contributed by atoms with E-state index in [-0.39, 0.29) is 0 Å². The van der Waals surface area contributed by atoms with E-state index in [0.717, 1.165) is 11.1 Å². The topological polar surface area (TPSA) is 61.8 Å². The van der Waals surface area contributed by atoms with Crippen molar-refractivity contribution in [3.63, 3.8) is 0 Å². The molecule has 1 heterocycles. The maximum absolute atomic E-state index is 11.9. The van der Waals surface area contributed by atoms with Gasteiger partial charge < -0.3 is 14.2 Å². The Balaban J connectivity index is 1.78. The fourth-order valence-electron chi connectivity index (χ4n) is 2.21. The highest BCUT2D eigenvalue weighted by Crippen LogP contribution is 2.24. The molecule has 1 fully saturated rings. The molecule has 23 heavy (non-hydrogen) atoms. The molecule has 2 aromatic carbocycles. The maximum Gasteiger partial charge on any atom is 0.359 e. The van der Waals surface area contributed by atoms with E-state index >= 15 is 0 Å². The third kappa shape index (κ3) is 3.34. The van der Waals surface area contributed by atoms with Gasteiger partial charge in [0.25, 0.3) is 0 Å². The molecule has 0 aliphatic carbocycles. The number of carbonyl (C=O) groups excluding carboxylic acids is 2. The molecule has 2 atom stereocenters. The largest absolute Gasteiger partial charge is 0.474 e. The van der Waals surface area contributed by atoms with Crippen LogP contribution in [0.2, 0.25) is 0 Å². The predicted octanol–water partition coefficient (Wildman–Crippen LogP) is 2.58. The van der Waals surface area contributed by atoms with Crippen molar-refractivity contribution < 1.29 is 23.8 Å². The molecule has 0 amide bonds. The third-order valence-corrected chi connectivity index (χ3v) is 3.51. The molecule has 0 aromatic heterocycles. The van der Waals surface area contributed by atoms with E-state index in [1.807, 2.05) is 38.1 Å². The normalized spacial score (nSPS) is 20.3. The minimum Gasteiger partial charge on any atom is -0.474 e. The summed E-state index contributed by atoms with van der Waals surface area (Å²) in [4.78, 5) is 23.7. The smallest absolute Gasteiger partial charge is 0.359 e. The monoisotopic (exact) mass is 312 g/mol. The fourth-order valence-corrected chi connectivity index (χ4v) is 2.21. The first kappa shape index (κ1) is 15.1. The Bertz CT molecular complexity index is 655. The minimum atomic E-state index is -1.12. The summed E-state index contributed by atoms with van der Waals surface area (Å²) in [7, 11) is 0. The van der Waals surface area contributed by atoms with Gasteiger partial charge in [0.1, 0.15) is 11.5 Å². The Morgan fingerprint density at radius 1 is 0.696 bits per heavy atom. The molecule has 0 radical (unpaired) electrons. The molecule has 0 spiro atoms. The van der Waals surface area contributed by atoms with E-state index in [9.17, 15) is 9.59 Å². The van der Waals surface area contributed by atoms with Crippen LogP contribution in [-0.2, 0) is 14.3 Å². The Morgan fingerprint density at radius 2 is 1.04 bits per heavy atom. The van der Waals surface area contributed by atoms with Gasteiger partial charge in [-0.05, 0) is 38.1 Å². The van der Waals surface area contributed by atoms with Crippen molar-refractivity contribution in [1.29, 1.82) is 0 Å². The number of hydrogen-bond donors (Lipinski definition) is 0. The van der Waals surface area contributed by atoms with E-state index in [1.54, 1.807) is 24.3 Å². The number of esters is 2. The lowest BCUT2D eigenvalue weighted by atomic mass is 10.2. The lowest BCUT2D eigenvalue weighted by molar-refractivity contribution is -0.154. The van der Waals surface area contributed by atoms with Gasteiger partial charge in [0.05, 0.1) is 0 Å². The number of hydrogen-bond acceptors (Lipinski definition) is 5. The maximum atomic E-state index is 11.9. The van der Waals surface area contributed by atoms with Crippen molar-refractivity contribution in [2.24, 2.45) is 0 Å². The van der Waals surface area contributed by atoms with E-state index in [2.05, 4.69) is 4.74 Å². The van der Waals surface area contributed by atoms with Crippen LogP contribution in [-0.4, -0.2) is 24.1 Å². The summed E-state index contributed by atoms with van der Waals surface area (Å²) in [6.07, 6.45) is -2.24. The molecule has 2 aromatic rings. The first-order valence-electron chi connectivity index (χ1n) is 7.25. The van der Waals surface area contributed by atoms with Gasteiger partial charge in [0.2, 0.25) is 12.2 Å². The van der Waals surface area contributed by atoms with Crippen molar-refractivity contribution in [3.05, 3.63) is 59.7 Å². The van der Waals surface area contributed by atoms with Crippen LogP contribution in [0.15, 0.2) is 48.5 Å². The number of benzene rings is 2. The van der Waals surface area contributed by atoms with E-state index < -0.39 is 24.1 Å². The number of rotatable bonds is 4. The first-order valence-corrected chi connectivity index (χ1v) is 7.25. The zero-order valence-corrected chi connectivity index (χ0v) is 12.8. The Labute approximate surface area is 133 Å². The van der Waals surface area contributed by atoms with Crippen LogP contribution in [0, 0.1) is 13.8 Å². The van der Waals surface area contributed by atoms with E-state index in [0.29, 0.717) is 11.5 Å². The number of aryl methyl sites for hydroxylation is 2. The van der Waals surface area contributed by atoms with Gasteiger partial charge in [-0.3, -0.25) is 0 Å². The van der Waals surface area contributed by atoms with Gasteiger partial charge in [-0.25, -0.2) is 9.59 Å². The Morgan fingerprint density at radius 3 is 1.39 bits per heavy atom. The predicted molar refractivity (Wildman–Crippen MR) is 82.3 cm³/mol. The van der Waals surface area contributed by atoms with Gasteiger partial charge in [0, 0.05) is 0 Å². The summed E-state index contributed by atoms with van der Waals surface area (Å²) < 4.78 is 15.9. The van der Waals surface area contributed by atoms with Gasteiger partial charge in [-0.1, -0.05) is 35.4 Å². The average molecular weight is 312 g/mol. The summed E-state index contributed by atoms with van der Waals surface area (Å²) in [5.41, 5.74) is 2.13. The Kier molecular flexibility index (Phi) is 4.02. The molecule has 1 saturated heterocycles. The molecule has 5 nitrogen and oxygen atoms in total. The molecule has 3 rings (SSSR count).